The van der Waals surface area contributed by atoms with E-state index >= 15 is 0 Å². The molecule has 0 unspecified atom stereocenters. The minimum absolute atomic E-state index is 0.104. The zero-order valence-electron chi connectivity index (χ0n) is 15.2. The van der Waals surface area contributed by atoms with Gasteiger partial charge in [0.25, 0.3) is 0 Å². The average molecular weight is 392 g/mol. The van der Waals surface area contributed by atoms with Gasteiger partial charge in [-0.1, -0.05) is 43.0 Å². The first-order valence-corrected chi connectivity index (χ1v) is 9.86. The van der Waals surface area contributed by atoms with Gasteiger partial charge in [0, 0.05) is 11.1 Å². The first-order valence-electron chi connectivity index (χ1n) is 8.87. The fourth-order valence-corrected chi connectivity index (χ4v) is 3.56. The van der Waals surface area contributed by atoms with Gasteiger partial charge in [-0.25, -0.2) is 4.39 Å². The Balaban J connectivity index is 1.55. The number of rotatable bonds is 6. The molecule has 0 spiro atoms. The zero-order chi connectivity index (χ0) is 19.5. The zero-order valence-corrected chi connectivity index (χ0v) is 16.0. The van der Waals surface area contributed by atoms with Crippen LogP contribution in [0.3, 0.4) is 0 Å². The lowest BCUT2D eigenvalue weighted by atomic mass is 10.1. The molecule has 0 N–H and O–H groups in total. The van der Waals surface area contributed by atoms with Crippen LogP contribution in [-0.4, -0.2) is 31.3 Å². The molecule has 2 aromatic carbocycles. The van der Waals surface area contributed by atoms with E-state index in [2.05, 4.69) is 34.4 Å². The Morgan fingerprint density at radius 1 is 1.00 bits per heavy atom. The van der Waals surface area contributed by atoms with E-state index in [1.165, 1.54) is 41.6 Å². The average Bonchev–Trinajstić information content (AvgIpc) is 3.15. The SMILES string of the molecule is CCc1ccc(-c2ccc3nnc(SCC(=O)c4ccc(F)cc4)n3n2)cc1. The first-order chi connectivity index (χ1) is 13.6. The smallest absolute Gasteiger partial charge is 0.212 e. The Morgan fingerprint density at radius 2 is 1.75 bits per heavy atom. The summed E-state index contributed by atoms with van der Waals surface area (Å²) in [7, 11) is 0. The lowest BCUT2D eigenvalue weighted by Crippen LogP contribution is -2.04. The number of hydrogen-bond donors (Lipinski definition) is 0. The Kier molecular flexibility index (Phi) is 5.16. The first kappa shape index (κ1) is 18.3. The van der Waals surface area contributed by atoms with Crippen LogP contribution < -0.4 is 0 Å². The highest BCUT2D eigenvalue weighted by atomic mass is 32.2. The molecule has 7 heteroatoms. The van der Waals surface area contributed by atoms with E-state index in [0.717, 1.165) is 17.7 Å². The van der Waals surface area contributed by atoms with Crippen LogP contribution in [-0.2, 0) is 6.42 Å². The van der Waals surface area contributed by atoms with Crippen molar-refractivity contribution in [3.05, 3.63) is 77.6 Å². The highest BCUT2D eigenvalue weighted by Gasteiger charge is 2.13. The summed E-state index contributed by atoms with van der Waals surface area (Å²) in [5, 5.41) is 13.4. The van der Waals surface area contributed by atoms with Gasteiger partial charge in [0.2, 0.25) is 5.16 Å². The van der Waals surface area contributed by atoms with Crippen molar-refractivity contribution >= 4 is 23.2 Å². The predicted octanol–water partition coefficient (Wildman–Crippen LogP) is 4.47. The molecule has 0 radical (unpaired) electrons. The fraction of sp³-hybridized carbons (Fsp3) is 0.143. The number of ketones is 1. The number of carbonyl (C=O) groups is 1. The predicted molar refractivity (Wildman–Crippen MR) is 107 cm³/mol. The summed E-state index contributed by atoms with van der Waals surface area (Å²) in [6.45, 7) is 2.12. The van der Waals surface area contributed by atoms with Gasteiger partial charge in [0.1, 0.15) is 5.82 Å². The highest BCUT2D eigenvalue weighted by molar-refractivity contribution is 7.99. The summed E-state index contributed by atoms with van der Waals surface area (Å²) in [6, 6.07) is 17.5. The third kappa shape index (κ3) is 3.80. The van der Waals surface area contributed by atoms with Gasteiger partial charge in [-0.15, -0.1) is 10.2 Å². The molecule has 0 aliphatic carbocycles. The second kappa shape index (κ2) is 7.90. The van der Waals surface area contributed by atoms with E-state index < -0.39 is 0 Å². The number of aromatic nitrogens is 4. The molecular weight excluding hydrogens is 375 g/mol. The molecule has 140 valence electrons. The lowest BCUT2D eigenvalue weighted by molar-refractivity contribution is 0.102. The summed E-state index contributed by atoms with van der Waals surface area (Å²) < 4.78 is 14.7. The van der Waals surface area contributed by atoms with Crippen LogP contribution in [0.2, 0.25) is 0 Å². The maximum Gasteiger partial charge on any atom is 0.212 e. The number of carbonyl (C=O) groups excluding carboxylic acids is 1. The second-order valence-electron chi connectivity index (χ2n) is 6.24. The van der Waals surface area contributed by atoms with Crippen molar-refractivity contribution < 1.29 is 9.18 Å². The van der Waals surface area contributed by atoms with Crippen LogP contribution in [0.4, 0.5) is 4.39 Å². The van der Waals surface area contributed by atoms with Gasteiger partial charge >= 0.3 is 0 Å². The third-order valence-corrected chi connectivity index (χ3v) is 5.31. The molecule has 0 aliphatic rings. The minimum atomic E-state index is -0.364. The quantitative estimate of drug-likeness (QED) is 0.358. The molecule has 0 saturated heterocycles. The van der Waals surface area contributed by atoms with Crippen molar-refractivity contribution in [1.29, 1.82) is 0 Å². The van der Waals surface area contributed by atoms with E-state index in [4.69, 9.17) is 0 Å². The van der Waals surface area contributed by atoms with Crippen molar-refractivity contribution in [2.45, 2.75) is 18.5 Å². The van der Waals surface area contributed by atoms with Crippen LogP contribution in [0.1, 0.15) is 22.8 Å². The van der Waals surface area contributed by atoms with Crippen LogP contribution in [0.25, 0.3) is 16.9 Å². The summed E-state index contributed by atoms with van der Waals surface area (Å²) >= 11 is 1.26. The third-order valence-electron chi connectivity index (χ3n) is 4.39. The number of aryl methyl sites for hydroxylation is 1. The van der Waals surface area contributed by atoms with Gasteiger partial charge in [-0.3, -0.25) is 4.79 Å². The van der Waals surface area contributed by atoms with Crippen molar-refractivity contribution in [2.75, 3.05) is 5.75 Å². The molecule has 0 amide bonds. The highest BCUT2D eigenvalue weighted by Crippen LogP contribution is 2.22. The molecule has 4 rings (SSSR count). The Labute approximate surface area is 165 Å². The molecule has 0 atom stereocenters. The van der Waals surface area contributed by atoms with E-state index in [-0.39, 0.29) is 17.4 Å². The summed E-state index contributed by atoms with van der Waals surface area (Å²) in [5.74, 6) is -0.298. The largest absolute Gasteiger partial charge is 0.293 e. The molecule has 0 aliphatic heterocycles. The van der Waals surface area contributed by atoms with Crippen LogP contribution in [0.5, 0.6) is 0 Å². The van der Waals surface area contributed by atoms with E-state index in [1.807, 2.05) is 24.3 Å². The monoisotopic (exact) mass is 392 g/mol. The molecule has 5 nitrogen and oxygen atoms in total. The Morgan fingerprint density at radius 3 is 2.46 bits per heavy atom. The maximum absolute atomic E-state index is 13.0. The molecule has 2 aromatic heterocycles. The number of Topliss-reactive ketones (excluding diaryl/α,β-unsaturated/α-hetero) is 1. The van der Waals surface area contributed by atoms with Crippen molar-refractivity contribution in [3.8, 4) is 11.3 Å². The topological polar surface area (TPSA) is 60.2 Å². The maximum atomic E-state index is 13.0. The number of fused-ring (bicyclic) bond motifs is 1. The fourth-order valence-electron chi connectivity index (χ4n) is 2.77. The number of benzene rings is 2. The van der Waals surface area contributed by atoms with Gasteiger partial charge in [-0.2, -0.15) is 9.61 Å². The van der Waals surface area contributed by atoms with E-state index in [9.17, 15) is 9.18 Å². The number of hydrogen-bond acceptors (Lipinski definition) is 5. The normalized spacial score (nSPS) is 11.1. The van der Waals surface area contributed by atoms with Crippen molar-refractivity contribution in [3.63, 3.8) is 0 Å². The molecule has 0 saturated carbocycles. The lowest BCUT2D eigenvalue weighted by Gasteiger charge is -2.04. The van der Waals surface area contributed by atoms with Gasteiger partial charge < -0.3 is 0 Å². The molecule has 2 heterocycles. The van der Waals surface area contributed by atoms with Crippen molar-refractivity contribution in [2.24, 2.45) is 0 Å². The van der Waals surface area contributed by atoms with Crippen LogP contribution in [0, 0.1) is 5.82 Å². The summed E-state index contributed by atoms with van der Waals surface area (Å²) in [4.78, 5) is 12.3. The molecule has 28 heavy (non-hydrogen) atoms. The van der Waals surface area contributed by atoms with Gasteiger partial charge in [-0.05, 0) is 48.4 Å². The van der Waals surface area contributed by atoms with E-state index in [0.29, 0.717) is 16.4 Å². The van der Waals surface area contributed by atoms with Gasteiger partial charge in [0.05, 0.1) is 11.4 Å². The number of nitrogens with zero attached hydrogens (tertiary/aromatic N) is 4. The number of halogens is 1. The Hall–Kier alpha value is -3.06. The summed E-state index contributed by atoms with van der Waals surface area (Å²) in [6.07, 6.45) is 0.987. The van der Waals surface area contributed by atoms with E-state index in [1.54, 1.807) is 4.52 Å². The summed E-state index contributed by atoms with van der Waals surface area (Å²) in [5.41, 5.74) is 4.16. The minimum Gasteiger partial charge on any atom is -0.293 e. The molecule has 0 bridgehead atoms. The second-order valence-corrected chi connectivity index (χ2v) is 7.18. The molecular formula is C21H17FN4OS. The van der Waals surface area contributed by atoms with Crippen LogP contribution >= 0.6 is 11.8 Å². The standard InChI is InChI=1S/C21H17FN4OS/c1-2-14-3-5-15(6-4-14)18-11-12-20-23-24-21(26(20)25-18)28-13-19(27)16-7-9-17(22)10-8-16/h3-12H,2,13H2,1H3. The Bertz CT molecular complexity index is 1120. The number of thioether (sulfide) groups is 1. The van der Waals surface area contributed by atoms with Gasteiger partial charge in [0.15, 0.2) is 11.4 Å². The molecule has 0 fully saturated rings. The van der Waals surface area contributed by atoms with Crippen molar-refractivity contribution in [1.82, 2.24) is 19.8 Å². The molecule has 4 aromatic rings. The van der Waals surface area contributed by atoms with Crippen LogP contribution in [0.15, 0.2) is 65.8 Å².